The lowest BCUT2D eigenvalue weighted by Gasteiger charge is -2.59. The molecule has 4 nitrogen and oxygen atoms in total. The van der Waals surface area contributed by atoms with Crippen molar-refractivity contribution in [2.45, 2.75) is 94.5 Å². The van der Waals surface area contributed by atoms with Gasteiger partial charge in [-0.05, 0) is 61.4 Å². The van der Waals surface area contributed by atoms with Gasteiger partial charge in [0.15, 0.2) is 17.6 Å². The van der Waals surface area contributed by atoms with Crippen molar-refractivity contribution in [3.05, 3.63) is 23.3 Å². The smallest absolute Gasteiger partial charge is 0.250 e. The highest BCUT2D eigenvalue weighted by Crippen LogP contribution is 2.67. The van der Waals surface area contributed by atoms with Gasteiger partial charge in [0.05, 0.1) is 11.0 Å². The second kappa shape index (κ2) is 5.42. The van der Waals surface area contributed by atoms with Gasteiger partial charge in [-0.15, -0.1) is 0 Å². The lowest BCUT2D eigenvalue weighted by Crippen LogP contribution is -2.69. The van der Waals surface area contributed by atoms with Gasteiger partial charge < -0.3 is 14.3 Å². The molecular formula is C23H32O4Si. The molecule has 1 unspecified atom stereocenters. The molecule has 1 heterocycles. The molecule has 0 radical (unpaired) electrons. The van der Waals surface area contributed by atoms with Gasteiger partial charge in [0.2, 0.25) is 0 Å². The van der Waals surface area contributed by atoms with Crippen LogP contribution in [0.2, 0.25) is 18.1 Å². The third-order valence-electron chi connectivity index (χ3n) is 8.59. The minimum absolute atomic E-state index is 0.0752. The normalized spacial score (nSPS) is 36.0. The highest BCUT2D eigenvalue weighted by molar-refractivity contribution is 6.74. The van der Waals surface area contributed by atoms with E-state index in [2.05, 4.69) is 39.9 Å². The minimum Gasteiger partial charge on any atom is -0.541 e. The lowest BCUT2D eigenvalue weighted by molar-refractivity contribution is -0.177. The third-order valence-corrected chi connectivity index (χ3v) is 12.9. The van der Waals surface area contributed by atoms with Crippen LogP contribution in [0.5, 0.6) is 11.5 Å². The molecule has 1 N–H and O–H groups in total. The Kier molecular flexibility index (Phi) is 3.62. The molecule has 1 aromatic carbocycles. The highest BCUT2D eigenvalue weighted by atomic mass is 28.4. The molecule has 28 heavy (non-hydrogen) atoms. The fourth-order valence-corrected chi connectivity index (χ4v) is 7.15. The van der Waals surface area contributed by atoms with Crippen molar-refractivity contribution in [3.8, 4) is 11.5 Å². The van der Waals surface area contributed by atoms with Crippen LogP contribution in [-0.4, -0.2) is 30.9 Å². The first-order chi connectivity index (χ1) is 13.0. The number of aliphatic hydroxyl groups is 1. The van der Waals surface area contributed by atoms with Crippen molar-refractivity contribution in [2.24, 2.45) is 5.92 Å². The van der Waals surface area contributed by atoms with E-state index in [1.165, 1.54) is 5.56 Å². The predicted octanol–water partition coefficient (Wildman–Crippen LogP) is 4.52. The van der Waals surface area contributed by atoms with E-state index in [9.17, 15) is 9.90 Å². The zero-order valence-corrected chi connectivity index (χ0v) is 18.7. The van der Waals surface area contributed by atoms with E-state index in [-0.39, 0.29) is 16.7 Å². The van der Waals surface area contributed by atoms with Crippen LogP contribution in [0.3, 0.4) is 0 Å². The SMILES string of the molecule is CC(C)(C)[Si](C)(C)Oc1ccc2c3c1O[C@H]1C(=O)CC[C@@]4(O)[C@H](CCCC314)C2. The maximum atomic E-state index is 12.9. The Morgan fingerprint density at radius 1 is 1.25 bits per heavy atom. The maximum Gasteiger partial charge on any atom is 0.250 e. The molecule has 0 saturated heterocycles. The molecule has 0 aromatic heterocycles. The fourth-order valence-electron chi connectivity index (χ4n) is 6.13. The second-order valence-electron chi connectivity index (χ2n) is 10.9. The Balaban J connectivity index is 1.70. The number of benzene rings is 1. The standard InChI is InChI=1S/C23H32O4Si/c1-21(2,3)28(4,5)27-17-9-8-14-13-15-7-6-11-22-18(14)19(17)26-20(22)16(24)10-12-23(15,22)25/h8-9,15,20,25H,6-7,10-13H2,1-5H3/t15-,20+,22?,23-/m1/s1. The Morgan fingerprint density at radius 2 is 2.00 bits per heavy atom. The van der Waals surface area contributed by atoms with Crippen LogP contribution in [0.1, 0.15) is 64.0 Å². The van der Waals surface area contributed by atoms with Crippen LogP contribution >= 0.6 is 0 Å². The quantitative estimate of drug-likeness (QED) is 0.742. The summed E-state index contributed by atoms with van der Waals surface area (Å²) in [6.45, 7) is 11.1. The van der Waals surface area contributed by atoms with Crippen LogP contribution in [0, 0.1) is 5.92 Å². The van der Waals surface area contributed by atoms with Gasteiger partial charge >= 0.3 is 0 Å². The van der Waals surface area contributed by atoms with E-state index >= 15 is 0 Å². The average molecular weight is 401 g/mol. The summed E-state index contributed by atoms with van der Waals surface area (Å²) in [5, 5.41) is 12.0. The summed E-state index contributed by atoms with van der Waals surface area (Å²) in [6, 6.07) is 4.22. The average Bonchev–Trinajstić information content (AvgIpc) is 2.93. The molecule has 4 aliphatic rings. The van der Waals surface area contributed by atoms with Crippen molar-refractivity contribution >= 4 is 14.1 Å². The number of carbonyl (C=O) groups excluding carboxylic acids is 1. The van der Waals surface area contributed by atoms with Crippen LogP contribution in [0.15, 0.2) is 12.1 Å². The van der Waals surface area contributed by atoms with Gasteiger partial charge in [0, 0.05) is 12.0 Å². The molecule has 3 aliphatic carbocycles. The first kappa shape index (κ1) is 18.7. The predicted molar refractivity (Wildman–Crippen MR) is 111 cm³/mol. The van der Waals surface area contributed by atoms with Crippen molar-refractivity contribution < 1.29 is 19.1 Å². The number of ether oxygens (including phenoxy) is 1. The zero-order chi connectivity index (χ0) is 20.1. The molecular weight excluding hydrogens is 368 g/mol. The number of carbonyl (C=O) groups is 1. The van der Waals surface area contributed by atoms with Gasteiger partial charge in [0.25, 0.3) is 8.32 Å². The summed E-state index contributed by atoms with van der Waals surface area (Å²) in [5.74, 6) is 1.90. The maximum absolute atomic E-state index is 12.9. The van der Waals surface area contributed by atoms with E-state index < -0.39 is 25.4 Å². The fraction of sp³-hybridized carbons (Fsp3) is 0.696. The molecule has 1 spiro atoms. The van der Waals surface area contributed by atoms with Crippen LogP contribution in [0.4, 0.5) is 0 Å². The first-order valence-electron chi connectivity index (χ1n) is 10.8. The van der Waals surface area contributed by atoms with Gasteiger partial charge in [-0.2, -0.15) is 0 Å². The largest absolute Gasteiger partial charge is 0.541 e. The van der Waals surface area contributed by atoms with E-state index in [0.717, 1.165) is 42.7 Å². The summed E-state index contributed by atoms with van der Waals surface area (Å²) >= 11 is 0. The third kappa shape index (κ3) is 2.07. The summed E-state index contributed by atoms with van der Waals surface area (Å²) in [6.07, 6.45) is 4.24. The molecule has 5 rings (SSSR count). The number of rotatable bonds is 2. The zero-order valence-electron chi connectivity index (χ0n) is 17.7. The molecule has 2 bridgehead atoms. The Hall–Kier alpha value is -1.33. The van der Waals surface area contributed by atoms with E-state index in [0.29, 0.717) is 12.8 Å². The van der Waals surface area contributed by atoms with Crippen LogP contribution in [0.25, 0.3) is 0 Å². The lowest BCUT2D eigenvalue weighted by atomic mass is 9.46. The molecule has 1 aliphatic heterocycles. The second-order valence-corrected chi connectivity index (χ2v) is 15.7. The van der Waals surface area contributed by atoms with E-state index in [1.54, 1.807) is 0 Å². The molecule has 2 saturated carbocycles. The Bertz CT molecular complexity index is 870. The minimum atomic E-state index is -2.05. The number of hydrogen-bond acceptors (Lipinski definition) is 4. The first-order valence-corrected chi connectivity index (χ1v) is 13.7. The number of hydrogen-bond donors (Lipinski definition) is 1. The molecule has 2 fully saturated rings. The van der Waals surface area contributed by atoms with Gasteiger partial charge in [-0.3, -0.25) is 4.79 Å². The van der Waals surface area contributed by atoms with Gasteiger partial charge in [0.1, 0.15) is 5.75 Å². The Labute approximate surface area is 168 Å². The van der Waals surface area contributed by atoms with Gasteiger partial charge in [-0.25, -0.2) is 0 Å². The summed E-state index contributed by atoms with van der Waals surface area (Å²) in [5.41, 5.74) is 0.961. The van der Waals surface area contributed by atoms with Gasteiger partial charge in [-0.1, -0.05) is 33.3 Å². The molecule has 1 aromatic rings. The monoisotopic (exact) mass is 400 g/mol. The molecule has 5 heteroatoms. The number of Topliss-reactive ketones (excluding diaryl/α,β-unsaturated/α-hetero) is 1. The molecule has 4 atom stereocenters. The van der Waals surface area contributed by atoms with Crippen LogP contribution in [-0.2, 0) is 16.6 Å². The number of ketones is 1. The Morgan fingerprint density at radius 3 is 2.71 bits per heavy atom. The highest BCUT2D eigenvalue weighted by Gasteiger charge is 2.71. The van der Waals surface area contributed by atoms with Crippen molar-refractivity contribution in [2.75, 3.05) is 0 Å². The van der Waals surface area contributed by atoms with Crippen molar-refractivity contribution in [1.82, 2.24) is 0 Å². The van der Waals surface area contributed by atoms with Crippen molar-refractivity contribution in [3.63, 3.8) is 0 Å². The van der Waals surface area contributed by atoms with Crippen LogP contribution < -0.4 is 9.16 Å². The van der Waals surface area contributed by atoms with E-state index in [4.69, 9.17) is 9.16 Å². The summed E-state index contributed by atoms with van der Waals surface area (Å²) in [4.78, 5) is 12.9. The van der Waals surface area contributed by atoms with E-state index in [1.807, 2.05) is 6.07 Å². The molecule has 152 valence electrons. The van der Waals surface area contributed by atoms with Crippen molar-refractivity contribution in [1.29, 1.82) is 0 Å². The topological polar surface area (TPSA) is 55.8 Å². The summed E-state index contributed by atoms with van der Waals surface area (Å²) < 4.78 is 13.1. The molecule has 0 amide bonds. The summed E-state index contributed by atoms with van der Waals surface area (Å²) in [7, 11) is -2.05.